The third kappa shape index (κ3) is 12.8. The number of rotatable bonds is 21. The van der Waals surface area contributed by atoms with E-state index in [0.717, 1.165) is 24.0 Å². The molecule has 0 spiro atoms. The highest BCUT2D eigenvalue weighted by Gasteiger charge is 2.32. The lowest BCUT2D eigenvalue weighted by molar-refractivity contribution is -0.156. The summed E-state index contributed by atoms with van der Waals surface area (Å²) in [6.45, 7) is 16.3. The SMILES string of the molecule is CCC(C)(CC)CC(=O)C[C@H](C(=O)N[C@@H](CCCNC(N)=O)C(=O)Cc1ccc(COC(=O)C(C)(CC)CC)cc1)C(C)C. The molecule has 9 heteroatoms. The fourth-order valence-corrected chi connectivity index (χ4v) is 4.97. The molecular formula is C35H57N3O6. The number of urea groups is 1. The quantitative estimate of drug-likeness (QED) is 0.113. The van der Waals surface area contributed by atoms with Crippen molar-refractivity contribution in [2.24, 2.45) is 28.4 Å². The van der Waals surface area contributed by atoms with Crippen molar-refractivity contribution in [3.63, 3.8) is 0 Å². The lowest BCUT2D eigenvalue weighted by atomic mass is 9.77. The number of hydrogen-bond acceptors (Lipinski definition) is 6. The Morgan fingerprint density at radius 2 is 1.45 bits per heavy atom. The van der Waals surface area contributed by atoms with E-state index in [4.69, 9.17) is 10.5 Å². The number of amides is 3. The van der Waals surface area contributed by atoms with Gasteiger partial charge in [-0.15, -0.1) is 0 Å². The molecule has 0 aromatic heterocycles. The van der Waals surface area contributed by atoms with Crippen molar-refractivity contribution in [1.82, 2.24) is 10.6 Å². The number of esters is 1. The molecule has 0 aliphatic rings. The Hall–Kier alpha value is -3.23. The normalized spacial score (nSPS) is 13.2. The van der Waals surface area contributed by atoms with E-state index >= 15 is 0 Å². The summed E-state index contributed by atoms with van der Waals surface area (Å²) in [6.07, 6.45) is 4.56. The van der Waals surface area contributed by atoms with Gasteiger partial charge in [0.25, 0.3) is 0 Å². The molecule has 3 amide bonds. The van der Waals surface area contributed by atoms with Crippen LogP contribution >= 0.6 is 0 Å². The first kappa shape index (κ1) is 38.8. The van der Waals surface area contributed by atoms with Gasteiger partial charge in [-0.1, -0.05) is 85.6 Å². The van der Waals surface area contributed by atoms with E-state index in [9.17, 15) is 24.0 Å². The molecule has 0 fully saturated rings. The fourth-order valence-electron chi connectivity index (χ4n) is 4.97. The molecule has 4 N–H and O–H groups in total. The minimum Gasteiger partial charge on any atom is -0.460 e. The van der Waals surface area contributed by atoms with Crippen LogP contribution < -0.4 is 16.4 Å². The minimum atomic E-state index is -0.786. The van der Waals surface area contributed by atoms with Crippen molar-refractivity contribution < 1.29 is 28.7 Å². The largest absolute Gasteiger partial charge is 0.460 e. The molecule has 0 radical (unpaired) electrons. The molecule has 0 saturated heterocycles. The van der Waals surface area contributed by atoms with Gasteiger partial charge in [0.1, 0.15) is 12.4 Å². The highest BCUT2D eigenvalue weighted by atomic mass is 16.5. The predicted molar refractivity (Wildman–Crippen MR) is 174 cm³/mol. The standard InChI is InChI=1S/C35H57N3O6/c1-9-34(7,10-2)22-27(39)21-28(24(5)6)31(41)38-29(14-13-19-37-33(36)43)30(40)20-25-15-17-26(18-16-25)23-44-32(42)35(8,11-3)12-4/h15-18,24,28-29H,9-14,19-23H2,1-8H3,(H,38,41)(H3,36,37,43)/t28-,29-/m0/s1. The van der Waals surface area contributed by atoms with Crippen molar-refractivity contribution in [3.05, 3.63) is 35.4 Å². The summed E-state index contributed by atoms with van der Waals surface area (Å²) in [5.74, 6) is -1.29. The third-order valence-corrected chi connectivity index (χ3v) is 9.42. The Morgan fingerprint density at radius 3 is 1.95 bits per heavy atom. The number of nitrogens with two attached hydrogens (primary N) is 1. The van der Waals surface area contributed by atoms with Crippen LogP contribution in [0.3, 0.4) is 0 Å². The zero-order valence-corrected chi connectivity index (χ0v) is 28.3. The van der Waals surface area contributed by atoms with Crippen LogP contribution in [-0.2, 0) is 36.9 Å². The Labute approximate surface area is 264 Å². The number of benzene rings is 1. The van der Waals surface area contributed by atoms with E-state index in [1.54, 1.807) is 0 Å². The monoisotopic (exact) mass is 615 g/mol. The van der Waals surface area contributed by atoms with Crippen LogP contribution in [0.1, 0.15) is 118 Å². The van der Waals surface area contributed by atoms with Gasteiger partial charge in [-0.2, -0.15) is 0 Å². The van der Waals surface area contributed by atoms with Gasteiger partial charge in [-0.25, -0.2) is 4.79 Å². The van der Waals surface area contributed by atoms with Crippen LogP contribution in [0.15, 0.2) is 24.3 Å². The number of carbonyl (C=O) groups excluding carboxylic acids is 5. The molecule has 1 aromatic carbocycles. The Bertz CT molecular complexity index is 1090. The molecule has 248 valence electrons. The minimum absolute atomic E-state index is 0.0540. The maximum atomic E-state index is 13.5. The number of ether oxygens (including phenoxy) is 1. The van der Waals surface area contributed by atoms with E-state index < -0.39 is 23.4 Å². The van der Waals surface area contributed by atoms with Crippen LogP contribution in [0.25, 0.3) is 0 Å². The molecule has 0 bridgehead atoms. The van der Waals surface area contributed by atoms with Gasteiger partial charge in [0, 0.05) is 31.7 Å². The first-order chi connectivity index (χ1) is 20.6. The lowest BCUT2D eigenvalue weighted by Crippen LogP contribution is -2.46. The van der Waals surface area contributed by atoms with Gasteiger partial charge in [0.05, 0.1) is 11.5 Å². The van der Waals surface area contributed by atoms with E-state index in [1.807, 2.05) is 58.9 Å². The zero-order chi connectivity index (χ0) is 33.5. The Balaban J connectivity index is 2.97. The molecule has 2 atom stereocenters. The predicted octanol–water partition coefficient (Wildman–Crippen LogP) is 6.05. The smallest absolute Gasteiger partial charge is 0.312 e. The zero-order valence-electron chi connectivity index (χ0n) is 28.3. The number of carbonyl (C=O) groups is 5. The summed E-state index contributed by atoms with van der Waals surface area (Å²) in [6, 6.07) is 5.86. The second-order valence-electron chi connectivity index (χ2n) is 13.1. The lowest BCUT2D eigenvalue weighted by Gasteiger charge is -2.28. The van der Waals surface area contributed by atoms with Gasteiger partial charge in [-0.3, -0.25) is 19.2 Å². The average Bonchev–Trinajstić information content (AvgIpc) is 2.99. The number of Topliss-reactive ketones (excluding diaryl/α,β-unsaturated/α-hetero) is 2. The Morgan fingerprint density at radius 1 is 0.886 bits per heavy atom. The molecule has 44 heavy (non-hydrogen) atoms. The second kappa shape index (κ2) is 18.5. The van der Waals surface area contributed by atoms with Crippen molar-refractivity contribution in [2.75, 3.05) is 6.54 Å². The maximum absolute atomic E-state index is 13.5. The Kier molecular flexibility index (Phi) is 16.4. The summed E-state index contributed by atoms with van der Waals surface area (Å²) in [7, 11) is 0. The van der Waals surface area contributed by atoms with Gasteiger partial charge < -0.3 is 21.1 Å². The topological polar surface area (TPSA) is 145 Å². The van der Waals surface area contributed by atoms with Crippen molar-refractivity contribution in [3.8, 4) is 0 Å². The van der Waals surface area contributed by atoms with Gasteiger partial charge >= 0.3 is 12.0 Å². The number of nitrogens with one attached hydrogen (secondary N) is 2. The van der Waals surface area contributed by atoms with E-state index in [2.05, 4.69) is 31.4 Å². The van der Waals surface area contributed by atoms with Gasteiger partial charge in [-0.05, 0) is 55.1 Å². The number of hydrogen-bond donors (Lipinski definition) is 3. The van der Waals surface area contributed by atoms with Crippen molar-refractivity contribution >= 4 is 29.5 Å². The average molecular weight is 616 g/mol. The number of primary amides is 1. The molecule has 9 nitrogen and oxygen atoms in total. The molecule has 0 aliphatic carbocycles. The number of ketones is 2. The van der Waals surface area contributed by atoms with Crippen molar-refractivity contribution in [1.29, 1.82) is 0 Å². The highest BCUT2D eigenvalue weighted by molar-refractivity contribution is 5.93. The molecule has 0 unspecified atom stereocenters. The van der Waals surface area contributed by atoms with E-state index in [-0.39, 0.29) is 60.8 Å². The van der Waals surface area contributed by atoms with Crippen LogP contribution in [0.2, 0.25) is 0 Å². The summed E-state index contributed by atoms with van der Waals surface area (Å²) in [4.78, 5) is 63.6. The fraction of sp³-hybridized carbons (Fsp3) is 0.686. The second-order valence-corrected chi connectivity index (χ2v) is 13.1. The first-order valence-corrected chi connectivity index (χ1v) is 16.3. The van der Waals surface area contributed by atoms with Crippen LogP contribution in [0.5, 0.6) is 0 Å². The van der Waals surface area contributed by atoms with Crippen LogP contribution in [0, 0.1) is 22.7 Å². The van der Waals surface area contributed by atoms with E-state index in [1.165, 1.54) is 0 Å². The third-order valence-electron chi connectivity index (χ3n) is 9.42. The van der Waals surface area contributed by atoms with E-state index in [0.29, 0.717) is 32.1 Å². The summed E-state index contributed by atoms with van der Waals surface area (Å²) in [5.41, 5.74) is 6.16. The van der Waals surface area contributed by atoms with Crippen LogP contribution in [0.4, 0.5) is 4.79 Å². The molecule has 0 aliphatic heterocycles. The summed E-state index contributed by atoms with van der Waals surface area (Å²) >= 11 is 0. The van der Waals surface area contributed by atoms with Gasteiger partial charge in [0.2, 0.25) is 5.91 Å². The maximum Gasteiger partial charge on any atom is 0.312 e. The first-order valence-electron chi connectivity index (χ1n) is 16.3. The summed E-state index contributed by atoms with van der Waals surface area (Å²) in [5, 5.41) is 5.45. The van der Waals surface area contributed by atoms with Gasteiger partial charge in [0.15, 0.2) is 5.78 Å². The molecule has 1 aromatic rings. The summed E-state index contributed by atoms with van der Waals surface area (Å²) < 4.78 is 5.54. The molecule has 0 saturated carbocycles. The molecule has 0 heterocycles. The van der Waals surface area contributed by atoms with Crippen molar-refractivity contribution in [2.45, 2.75) is 126 Å². The molecular weight excluding hydrogens is 558 g/mol. The molecule has 1 rings (SSSR count). The van der Waals surface area contributed by atoms with Crippen LogP contribution in [-0.4, -0.2) is 42.1 Å². The highest BCUT2D eigenvalue weighted by Crippen LogP contribution is 2.32.